The van der Waals surface area contributed by atoms with Gasteiger partial charge in [-0.1, -0.05) is 18.2 Å². The van der Waals surface area contributed by atoms with Crippen LogP contribution in [0.15, 0.2) is 29.3 Å². The van der Waals surface area contributed by atoms with E-state index in [4.69, 9.17) is 4.74 Å². The van der Waals surface area contributed by atoms with Crippen LogP contribution in [0.25, 0.3) is 0 Å². The van der Waals surface area contributed by atoms with Crippen molar-refractivity contribution in [3.63, 3.8) is 0 Å². The molecule has 1 aromatic carbocycles. The van der Waals surface area contributed by atoms with Gasteiger partial charge in [-0.25, -0.2) is 0 Å². The molecule has 0 spiro atoms. The number of rotatable bonds is 10. The molecule has 5 heteroatoms. The third-order valence-electron chi connectivity index (χ3n) is 3.12. The molecule has 0 fully saturated rings. The predicted octanol–water partition coefficient (Wildman–Crippen LogP) is 3.07. The summed E-state index contributed by atoms with van der Waals surface area (Å²) in [5, 5.41) is 6.57. The van der Waals surface area contributed by atoms with Gasteiger partial charge in [0, 0.05) is 13.1 Å². The number of unbranched alkanes of at least 4 members (excludes halogenated alkanes) is 1. The van der Waals surface area contributed by atoms with Crippen molar-refractivity contribution < 1.29 is 4.74 Å². The second-order valence-corrected chi connectivity index (χ2v) is 5.99. The number of thioether (sulfide) groups is 1. The topological polar surface area (TPSA) is 45.7 Å². The monoisotopic (exact) mass is 323 g/mol. The molecule has 1 rings (SSSR count). The first-order chi connectivity index (χ1) is 10.8. The second-order valence-electron chi connectivity index (χ2n) is 5.00. The van der Waals surface area contributed by atoms with Crippen LogP contribution in [0, 0.1) is 6.92 Å². The van der Waals surface area contributed by atoms with E-state index in [0.717, 1.165) is 43.3 Å². The highest BCUT2D eigenvalue weighted by Crippen LogP contribution is 2.15. The summed E-state index contributed by atoms with van der Waals surface area (Å²) in [6.07, 6.45) is 4.50. The quantitative estimate of drug-likeness (QED) is 0.395. The third-order valence-corrected chi connectivity index (χ3v) is 3.81. The summed E-state index contributed by atoms with van der Waals surface area (Å²) in [7, 11) is 0. The summed E-state index contributed by atoms with van der Waals surface area (Å²) in [5.74, 6) is 3.03. The Kier molecular flexibility index (Phi) is 10.4. The molecule has 0 bridgehead atoms. The minimum atomic E-state index is 0.627. The number of ether oxygens (including phenoxy) is 1. The first-order valence-corrected chi connectivity index (χ1v) is 9.36. The van der Waals surface area contributed by atoms with Crippen LogP contribution in [0.4, 0.5) is 0 Å². The van der Waals surface area contributed by atoms with Crippen LogP contribution in [0.1, 0.15) is 25.3 Å². The number of nitrogens with one attached hydrogen (secondary N) is 2. The van der Waals surface area contributed by atoms with Gasteiger partial charge in [0.15, 0.2) is 5.96 Å². The lowest BCUT2D eigenvalue weighted by atomic mass is 10.2. The van der Waals surface area contributed by atoms with Crippen molar-refractivity contribution in [1.29, 1.82) is 0 Å². The normalized spacial score (nSPS) is 11.3. The summed E-state index contributed by atoms with van der Waals surface area (Å²) in [6, 6.07) is 8.08. The van der Waals surface area contributed by atoms with Crippen LogP contribution < -0.4 is 15.4 Å². The van der Waals surface area contributed by atoms with Crippen molar-refractivity contribution in [2.45, 2.75) is 26.7 Å². The first kappa shape index (κ1) is 18.7. The fourth-order valence-corrected chi connectivity index (χ4v) is 2.43. The lowest BCUT2D eigenvalue weighted by Gasteiger charge is -2.13. The maximum Gasteiger partial charge on any atom is 0.191 e. The van der Waals surface area contributed by atoms with E-state index in [1.54, 1.807) is 0 Å². The largest absolute Gasteiger partial charge is 0.491 e. The van der Waals surface area contributed by atoms with E-state index in [1.165, 1.54) is 12.2 Å². The number of hydrogen-bond donors (Lipinski definition) is 2. The Bertz CT molecular complexity index is 438. The van der Waals surface area contributed by atoms with Crippen molar-refractivity contribution in [3.05, 3.63) is 29.8 Å². The van der Waals surface area contributed by atoms with E-state index in [2.05, 4.69) is 41.8 Å². The van der Waals surface area contributed by atoms with Crippen LogP contribution in [0.2, 0.25) is 0 Å². The number of guanidine groups is 1. The molecular formula is C17H29N3OS. The maximum absolute atomic E-state index is 5.77. The molecule has 0 saturated heterocycles. The Labute approximate surface area is 139 Å². The van der Waals surface area contributed by atoms with E-state index in [0.29, 0.717) is 6.61 Å². The zero-order chi connectivity index (χ0) is 16.0. The second kappa shape index (κ2) is 12.2. The molecule has 124 valence electrons. The molecular weight excluding hydrogens is 294 g/mol. The van der Waals surface area contributed by atoms with Crippen molar-refractivity contribution >= 4 is 17.7 Å². The number of aliphatic imine (C=N–C) groups is 1. The van der Waals surface area contributed by atoms with Gasteiger partial charge in [0.1, 0.15) is 12.4 Å². The molecule has 22 heavy (non-hydrogen) atoms. The highest BCUT2D eigenvalue weighted by molar-refractivity contribution is 7.98. The molecule has 0 aliphatic rings. The van der Waals surface area contributed by atoms with E-state index in [9.17, 15) is 0 Å². The van der Waals surface area contributed by atoms with Gasteiger partial charge in [0.25, 0.3) is 0 Å². The number of hydrogen-bond acceptors (Lipinski definition) is 3. The summed E-state index contributed by atoms with van der Waals surface area (Å²) in [6.45, 7) is 7.24. The van der Waals surface area contributed by atoms with E-state index in [1.807, 2.05) is 30.0 Å². The highest BCUT2D eigenvalue weighted by atomic mass is 32.2. The van der Waals surface area contributed by atoms with Gasteiger partial charge in [-0.3, -0.25) is 4.99 Å². The average Bonchev–Trinajstić information content (AvgIpc) is 2.52. The predicted molar refractivity (Wildman–Crippen MR) is 98.3 cm³/mol. The molecule has 1 aromatic rings. The Morgan fingerprint density at radius 1 is 1.23 bits per heavy atom. The van der Waals surface area contributed by atoms with Crippen LogP contribution in [-0.4, -0.2) is 44.2 Å². The van der Waals surface area contributed by atoms with Gasteiger partial charge < -0.3 is 15.4 Å². The summed E-state index contributed by atoms with van der Waals surface area (Å²) < 4.78 is 5.77. The smallest absolute Gasteiger partial charge is 0.191 e. The third kappa shape index (κ3) is 8.17. The fourth-order valence-electron chi connectivity index (χ4n) is 1.94. The van der Waals surface area contributed by atoms with Crippen molar-refractivity contribution in [2.24, 2.45) is 4.99 Å². The number of para-hydroxylation sites is 1. The molecule has 0 aliphatic heterocycles. The van der Waals surface area contributed by atoms with Crippen LogP contribution in [0.5, 0.6) is 5.75 Å². The Hall–Kier alpha value is -1.36. The summed E-state index contributed by atoms with van der Waals surface area (Å²) in [4.78, 5) is 4.58. The summed E-state index contributed by atoms with van der Waals surface area (Å²) >= 11 is 1.89. The molecule has 2 N–H and O–H groups in total. The minimum Gasteiger partial charge on any atom is -0.491 e. The Morgan fingerprint density at radius 2 is 2.05 bits per heavy atom. The van der Waals surface area contributed by atoms with E-state index < -0.39 is 0 Å². The SMILES string of the molecule is CCNC(=NCCCCSC)NCCOc1ccccc1C. The standard InChI is InChI=1S/C17H29N3OS/c1-4-18-17(19-11-7-8-14-22-3)20-12-13-21-16-10-6-5-9-15(16)2/h5-6,9-10H,4,7-8,11-14H2,1-3H3,(H2,18,19,20). The van der Waals surface area contributed by atoms with Gasteiger partial charge in [0.05, 0.1) is 6.54 Å². The lowest BCUT2D eigenvalue weighted by Crippen LogP contribution is -2.39. The summed E-state index contributed by atoms with van der Waals surface area (Å²) in [5.41, 5.74) is 1.16. The Morgan fingerprint density at radius 3 is 2.77 bits per heavy atom. The molecule has 0 saturated carbocycles. The molecule has 0 aliphatic carbocycles. The van der Waals surface area contributed by atoms with Crippen LogP contribution >= 0.6 is 11.8 Å². The van der Waals surface area contributed by atoms with Crippen molar-refractivity contribution in [3.8, 4) is 5.75 Å². The Balaban J connectivity index is 2.25. The molecule has 4 nitrogen and oxygen atoms in total. The van der Waals surface area contributed by atoms with Crippen LogP contribution in [0.3, 0.4) is 0 Å². The number of benzene rings is 1. The van der Waals surface area contributed by atoms with Gasteiger partial charge in [0.2, 0.25) is 0 Å². The molecule has 0 unspecified atom stereocenters. The zero-order valence-electron chi connectivity index (χ0n) is 14.0. The molecule has 0 heterocycles. The zero-order valence-corrected chi connectivity index (χ0v) is 14.8. The minimum absolute atomic E-state index is 0.627. The molecule has 0 aromatic heterocycles. The fraction of sp³-hybridized carbons (Fsp3) is 0.588. The lowest BCUT2D eigenvalue weighted by molar-refractivity contribution is 0.320. The molecule has 0 amide bonds. The number of aryl methyl sites for hydroxylation is 1. The first-order valence-electron chi connectivity index (χ1n) is 7.97. The van der Waals surface area contributed by atoms with Crippen molar-refractivity contribution in [1.82, 2.24) is 10.6 Å². The van der Waals surface area contributed by atoms with Crippen LogP contribution in [-0.2, 0) is 0 Å². The van der Waals surface area contributed by atoms with Gasteiger partial charge >= 0.3 is 0 Å². The van der Waals surface area contributed by atoms with Gasteiger partial charge in [-0.2, -0.15) is 11.8 Å². The van der Waals surface area contributed by atoms with Gasteiger partial charge in [-0.15, -0.1) is 0 Å². The van der Waals surface area contributed by atoms with E-state index in [-0.39, 0.29) is 0 Å². The average molecular weight is 324 g/mol. The van der Waals surface area contributed by atoms with Crippen molar-refractivity contribution in [2.75, 3.05) is 38.2 Å². The van der Waals surface area contributed by atoms with E-state index >= 15 is 0 Å². The molecule has 0 atom stereocenters. The highest BCUT2D eigenvalue weighted by Gasteiger charge is 1.99. The number of nitrogens with zero attached hydrogens (tertiary/aromatic N) is 1. The van der Waals surface area contributed by atoms with Gasteiger partial charge in [-0.05, 0) is 50.3 Å². The molecule has 0 radical (unpaired) electrons. The maximum atomic E-state index is 5.77.